The normalized spacial score (nSPS) is 25.7. The lowest BCUT2D eigenvalue weighted by atomic mass is 10.3. The Morgan fingerprint density at radius 1 is 1.06 bits per heavy atom. The first-order valence-corrected chi connectivity index (χ1v) is 7.58. The molecule has 2 unspecified atom stereocenters. The summed E-state index contributed by atoms with van der Waals surface area (Å²) < 4.78 is 17.5. The second kappa shape index (κ2) is 4.33. The Kier molecular flexibility index (Phi) is 2.80. The summed E-state index contributed by atoms with van der Waals surface area (Å²) in [5.74, 6) is 0. The fourth-order valence-electron chi connectivity index (χ4n) is 1.98. The third-order valence-corrected chi connectivity index (χ3v) is 5.55. The van der Waals surface area contributed by atoms with Crippen molar-refractivity contribution in [2.75, 3.05) is 5.32 Å². The van der Waals surface area contributed by atoms with Gasteiger partial charge in [0.05, 0.1) is 15.5 Å². The van der Waals surface area contributed by atoms with E-state index in [0.29, 0.717) is 0 Å². The van der Waals surface area contributed by atoms with Crippen LogP contribution in [0.1, 0.15) is 0 Å². The van der Waals surface area contributed by atoms with E-state index in [1.54, 1.807) is 0 Å². The monoisotopic (exact) mass is 276 g/mol. The van der Waals surface area contributed by atoms with E-state index >= 15 is 0 Å². The number of rotatable bonds is 1. The Labute approximate surface area is 112 Å². The summed E-state index contributed by atoms with van der Waals surface area (Å²) in [5.41, 5.74) is 0.383. The van der Waals surface area contributed by atoms with Crippen LogP contribution in [-0.2, 0) is 9.73 Å². The highest BCUT2D eigenvalue weighted by Crippen LogP contribution is 2.34. The van der Waals surface area contributed by atoms with Gasteiger partial charge in [0.15, 0.2) is 5.50 Å². The molecule has 92 valence electrons. The Balaban J connectivity index is 2.31. The molecule has 2 atom stereocenters. The second-order valence-corrected chi connectivity index (χ2v) is 6.62. The van der Waals surface area contributed by atoms with Crippen molar-refractivity contribution < 1.29 is 4.21 Å². The standard InChI is InChI=1S/C13H12N2OS2/c16-18(10-6-2-1-3-7-10)12-9-5-4-8-11(12)14-13(17)15-18/h1-9,13-14,17H. The van der Waals surface area contributed by atoms with Crippen molar-refractivity contribution in [1.82, 2.24) is 0 Å². The smallest absolute Gasteiger partial charge is 0.173 e. The maximum absolute atomic E-state index is 13.2. The number of fused-ring (bicyclic) bond motifs is 1. The summed E-state index contributed by atoms with van der Waals surface area (Å²) in [6.07, 6.45) is 0. The number of hydrogen-bond donors (Lipinski definition) is 2. The molecule has 1 heterocycles. The molecule has 0 aromatic heterocycles. The molecule has 2 aromatic rings. The van der Waals surface area contributed by atoms with Gasteiger partial charge in [0.2, 0.25) is 0 Å². The summed E-state index contributed by atoms with van der Waals surface area (Å²) in [4.78, 5) is 1.44. The van der Waals surface area contributed by atoms with Crippen LogP contribution in [-0.4, -0.2) is 9.71 Å². The minimum atomic E-state index is -2.59. The Hall–Kier alpha value is -1.46. The van der Waals surface area contributed by atoms with Gasteiger partial charge < -0.3 is 5.32 Å². The number of nitrogens with one attached hydrogen (secondary N) is 1. The van der Waals surface area contributed by atoms with Gasteiger partial charge in [-0.05, 0) is 24.3 Å². The first kappa shape index (κ1) is 11.6. The van der Waals surface area contributed by atoms with Crippen LogP contribution >= 0.6 is 12.6 Å². The minimum absolute atomic E-state index is 0.451. The molecular formula is C13H12N2OS2. The fourth-order valence-corrected chi connectivity index (χ4v) is 4.56. The molecule has 0 fully saturated rings. The van der Waals surface area contributed by atoms with Crippen molar-refractivity contribution in [3.63, 3.8) is 0 Å². The summed E-state index contributed by atoms with van der Waals surface area (Å²) in [6.45, 7) is 0. The van der Waals surface area contributed by atoms with E-state index in [1.807, 2.05) is 54.6 Å². The quantitative estimate of drug-likeness (QED) is 0.785. The van der Waals surface area contributed by atoms with Crippen LogP contribution in [0.25, 0.3) is 0 Å². The van der Waals surface area contributed by atoms with Crippen molar-refractivity contribution >= 4 is 28.0 Å². The van der Waals surface area contributed by atoms with Crippen LogP contribution in [0.2, 0.25) is 0 Å². The van der Waals surface area contributed by atoms with Gasteiger partial charge in [-0.25, -0.2) is 4.21 Å². The van der Waals surface area contributed by atoms with Crippen LogP contribution < -0.4 is 5.32 Å². The van der Waals surface area contributed by atoms with E-state index in [-0.39, 0.29) is 0 Å². The van der Waals surface area contributed by atoms with E-state index < -0.39 is 15.2 Å². The van der Waals surface area contributed by atoms with E-state index in [1.165, 1.54) is 0 Å². The molecule has 2 aromatic carbocycles. The van der Waals surface area contributed by atoms with Crippen molar-refractivity contribution in [3.8, 4) is 0 Å². The average Bonchev–Trinajstić information content (AvgIpc) is 2.39. The zero-order chi connectivity index (χ0) is 12.6. The largest absolute Gasteiger partial charge is 0.354 e. The van der Waals surface area contributed by atoms with Crippen LogP contribution in [0.3, 0.4) is 0 Å². The van der Waals surface area contributed by atoms with Crippen molar-refractivity contribution in [3.05, 3.63) is 54.6 Å². The molecule has 1 N–H and O–H groups in total. The molecule has 0 radical (unpaired) electrons. The van der Waals surface area contributed by atoms with Gasteiger partial charge in [-0.15, -0.1) is 12.6 Å². The van der Waals surface area contributed by atoms with Gasteiger partial charge in [-0.2, -0.15) is 4.36 Å². The summed E-state index contributed by atoms with van der Waals surface area (Å²) in [7, 11) is -2.59. The number of anilines is 1. The maximum atomic E-state index is 13.2. The Morgan fingerprint density at radius 2 is 1.72 bits per heavy atom. The predicted octanol–water partition coefficient (Wildman–Crippen LogP) is 3.21. The summed E-state index contributed by atoms with van der Waals surface area (Å²) in [5, 5.41) is 3.10. The highest BCUT2D eigenvalue weighted by Gasteiger charge is 2.25. The molecule has 1 aliphatic rings. The molecule has 0 aliphatic carbocycles. The van der Waals surface area contributed by atoms with E-state index in [4.69, 9.17) is 0 Å². The predicted molar refractivity (Wildman–Crippen MR) is 76.4 cm³/mol. The van der Waals surface area contributed by atoms with Gasteiger partial charge in [-0.3, -0.25) is 0 Å². The topological polar surface area (TPSA) is 41.5 Å². The summed E-state index contributed by atoms with van der Waals surface area (Å²) in [6, 6.07) is 16.8. The first-order valence-electron chi connectivity index (χ1n) is 5.55. The molecule has 0 bridgehead atoms. The molecule has 3 nitrogen and oxygen atoms in total. The zero-order valence-corrected chi connectivity index (χ0v) is 11.2. The number of nitrogens with zero attached hydrogens (tertiary/aromatic N) is 1. The van der Waals surface area contributed by atoms with Crippen LogP contribution in [0, 0.1) is 0 Å². The van der Waals surface area contributed by atoms with Gasteiger partial charge >= 0.3 is 0 Å². The van der Waals surface area contributed by atoms with E-state index in [2.05, 4.69) is 22.3 Å². The summed E-state index contributed by atoms with van der Waals surface area (Å²) >= 11 is 4.29. The lowest BCUT2D eigenvalue weighted by molar-refractivity contribution is 0.672. The average molecular weight is 276 g/mol. The third-order valence-electron chi connectivity index (χ3n) is 2.78. The van der Waals surface area contributed by atoms with Gasteiger partial charge in [-0.1, -0.05) is 30.3 Å². The highest BCUT2D eigenvalue weighted by molar-refractivity contribution is 7.94. The van der Waals surface area contributed by atoms with Crippen LogP contribution in [0.15, 0.2) is 68.8 Å². The molecule has 18 heavy (non-hydrogen) atoms. The number of hydrogen-bond acceptors (Lipinski definition) is 4. The first-order chi connectivity index (χ1) is 8.70. The van der Waals surface area contributed by atoms with Crippen LogP contribution in [0.5, 0.6) is 0 Å². The molecule has 0 saturated heterocycles. The molecule has 5 heteroatoms. The number of thiol groups is 1. The number of para-hydroxylation sites is 1. The Bertz CT molecular complexity index is 691. The van der Waals surface area contributed by atoms with Gasteiger partial charge in [0, 0.05) is 0 Å². The van der Waals surface area contributed by atoms with Crippen molar-refractivity contribution in [2.45, 2.75) is 15.3 Å². The molecule has 0 spiro atoms. The third kappa shape index (κ3) is 1.79. The van der Waals surface area contributed by atoms with Crippen LogP contribution in [0.4, 0.5) is 5.69 Å². The van der Waals surface area contributed by atoms with E-state index in [0.717, 1.165) is 15.5 Å². The van der Waals surface area contributed by atoms with Gasteiger partial charge in [0.25, 0.3) is 0 Å². The minimum Gasteiger partial charge on any atom is -0.354 e. The lowest BCUT2D eigenvalue weighted by Gasteiger charge is -2.24. The second-order valence-electron chi connectivity index (χ2n) is 3.96. The molecule has 1 aliphatic heterocycles. The molecular weight excluding hydrogens is 264 g/mol. The molecule has 0 saturated carbocycles. The zero-order valence-electron chi connectivity index (χ0n) is 9.48. The SMILES string of the molecule is O=S1(c2ccccc2)=NC(S)Nc2ccccc21. The van der Waals surface area contributed by atoms with Crippen molar-refractivity contribution in [1.29, 1.82) is 0 Å². The fraction of sp³-hybridized carbons (Fsp3) is 0.0769. The van der Waals surface area contributed by atoms with Gasteiger partial charge in [0.1, 0.15) is 9.73 Å². The highest BCUT2D eigenvalue weighted by atomic mass is 32.2. The Morgan fingerprint density at radius 3 is 2.50 bits per heavy atom. The molecule has 0 amide bonds. The lowest BCUT2D eigenvalue weighted by Crippen LogP contribution is -2.21. The van der Waals surface area contributed by atoms with E-state index in [9.17, 15) is 4.21 Å². The van der Waals surface area contributed by atoms with Crippen molar-refractivity contribution in [2.24, 2.45) is 4.36 Å². The molecule has 3 rings (SSSR count). The number of benzene rings is 2. The maximum Gasteiger partial charge on any atom is 0.173 e.